The van der Waals surface area contributed by atoms with Crippen molar-refractivity contribution in [3.05, 3.63) is 37.9 Å². The predicted octanol–water partition coefficient (Wildman–Crippen LogP) is 2.22. The van der Waals surface area contributed by atoms with Gasteiger partial charge in [0.1, 0.15) is 4.47 Å². The van der Waals surface area contributed by atoms with Gasteiger partial charge in [-0.2, -0.15) is 0 Å². The molecule has 5 heteroatoms. The Morgan fingerprint density at radius 2 is 2.38 bits per heavy atom. The molecule has 3 nitrogen and oxygen atoms in total. The first kappa shape index (κ1) is 10.7. The van der Waals surface area contributed by atoms with E-state index >= 15 is 0 Å². The summed E-state index contributed by atoms with van der Waals surface area (Å²) >= 11 is 6.37. The lowest BCUT2D eigenvalue weighted by Gasteiger charge is -2.04. The molecule has 0 atom stereocenters. The Kier molecular flexibility index (Phi) is 3.44. The summed E-state index contributed by atoms with van der Waals surface area (Å²) in [6.07, 6.45) is 1.51. The van der Waals surface area contributed by atoms with Crippen LogP contribution < -0.4 is 5.56 Å². The number of aryl methyl sites for hydroxylation is 1. The van der Waals surface area contributed by atoms with Crippen LogP contribution in [0.1, 0.15) is 5.69 Å². The van der Waals surface area contributed by atoms with Gasteiger partial charge >= 0.3 is 0 Å². The number of hydrogen-bond donors (Lipinski definition) is 0. The smallest absolute Gasteiger partial charge is 0.268 e. The molecule has 0 aliphatic carbocycles. The summed E-state index contributed by atoms with van der Waals surface area (Å²) in [5.74, 6) is 0. The summed E-state index contributed by atoms with van der Waals surface area (Å²) in [5.41, 5.74) is 0.606. The fraction of sp³-hybridized carbons (Fsp3) is 0.250. The molecule has 0 aliphatic rings. The molecule has 0 aliphatic heterocycles. The van der Waals surface area contributed by atoms with E-state index in [0.717, 1.165) is 4.48 Å². The molecule has 70 valence electrons. The van der Waals surface area contributed by atoms with Crippen molar-refractivity contribution < 1.29 is 0 Å². The Morgan fingerprint density at radius 3 is 2.92 bits per heavy atom. The molecule has 0 spiro atoms. The summed E-state index contributed by atoms with van der Waals surface area (Å²) < 4.78 is 2.73. The van der Waals surface area contributed by atoms with E-state index in [4.69, 9.17) is 0 Å². The highest BCUT2D eigenvalue weighted by molar-refractivity contribution is 9.11. The van der Waals surface area contributed by atoms with Gasteiger partial charge in [-0.15, -0.1) is 0 Å². The van der Waals surface area contributed by atoms with Gasteiger partial charge in [-0.05, 0) is 22.9 Å². The molecule has 0 saturated carbocycles. The van der Waals surface area contributed by atoms with Gasteiger partial charge in [0.05, 0.1) is 18.6 Å². The summed E-state index contributed by atoms with van der Waals surface area (Å²) in [4.78, 5) is 15.6. The van der Waals surface area contributed by atoms with E-state index in [1.165, 1.54) is 10.9 Å². The van der Waals surface area contributed by atoms with E-state index in [0.29, 0.717) is 16.7 Å². The third kappa shape index (κ3) is 2.51. The molecule has 1 rings (SSSR count). The summed E-state index contributed by atoms with van der Waals surface area (Å²) in [7, 11) is 0. The number of nitrogens with zero attached hydrogens (tertiary/aromatic N) is 2. The van der Waals surface area contributed by atoms with Crippen molar-refractivity contribution in [1.82, 2.24) is 9.55 Å². The topological polar surface area (TPSA) is 34.9 Å². The van der Waals surface area contributed by atoms with Crippen molar-refractivity contribution in [2.75, 3.05) is 0 Å². The molecule has 0 fully saturated rings. The molecule has 1 aromatic rings. The van der Waals surface area contributed by atoms with E-state index in [1.807, 2.05) is 0 Å². The van der Waals surface area contributed by atoms with E-state index in [1.54, 1.807) is 6.92 Å². The fourth-order valence-corrected chi connectivity index (χ4v) is 1.44. The van der Waals surface area contributed by atoms with Crippen molar-refractivity contribution in [2.24, 2.45) is 0 Å². The largest absolute Gasteiger partial charge is 0.293 e. The first-order chi connectivity index (χ1) is 6.02. The number of allylic oxidation sites excluding steroid dienone is 1. The minimum absolute atomic E-state index is 0.0897. The Labute approximate surface area is 92.7 Å². The van der Waals surface area contributed by atoms with Gasteiger partial charge in [0, 0.05) is 4.48 Å². The van der Waals surface area contributed by atoms with Crippen LogP contribution in [0.25, 0.3) is 0 Å². The Bertz CT molecular complexity index is 398. The van der Waals surface area contributed by atoms with Gasteiger partial charge in [0.15, 0.2) is 0 Å². The van der Waals surface area contributed by atoms with Crippen LogP contribution in [0, 0.1) is 6.92 Å². The highest BCUT2D eigenvalue weighted by Crippen LogP contribution is 2.08. The van der Waals surface area contributed by atoms with Crippen molar-refractivity contribution >= 4 is 31.9 Å². The molecular weight excluding hydrogens is 300 g/mol. The van der Waals surface area contributed by atoms with Crippen LogP contribution in [0.15, 0.2) is 26.7 Å². The summed E-state index contributed by atoms with van der Waals surface area (Å²) in [6, 6.07) is 0. The molecule has 0 aromatic carbocycles. The van der Waals surface area contributed by atoms with Crippen LogP contribution in [-0.2, 0) is 6.54 Å². The molecule has 0 bridgehead atoms. The zero-order chi connectivity index (χ0) is 10.0. The average Bonchev–Trinajstić information content (AvgIpc) is 2.06. The van der Waals surface area contributed by atoms with Gasteiger partial charge in [-0.25, -0.2) is 4.98 Å². The highest BCUT2D eigenvalue weighted by Gasteiger charge is 2.04. The predicted molar refractivity (Wildman–Crippen MR) is 59.0 cm³/mol. The lowest BCUT2D eigenvalue weighted by atomic mass is 10.4. The number of aromatic nitrogens is 2. The van der Waals surface area contributed by atoms with Gasteiger partial charge in [-0.3, -0.25) is 9.36 Å². The van der Waals surface area contributed by atoms with Crippen molar-refractivity contribution in [3.63, 3.8) is 0 Å². The standard InChI is InChI=1S/C8H8Br2N2O/c1-5(9)3-12-4-11-6(2)7(10)8(12)13/h4H,1,3H2,2H3. The van der Waals surface area contributed by atoms with Crippen molar-refractivity contribution in [1.29, 1.82) is 0 Å². The van der Waals surface area contributed by atoms with E-state index < -0.39 is 0 Å². The first-order valence-electron chi connectivity index (χ1n) is 3.57. The van der Waals surface area contributed by atoms with Crippen molar-refractivity contribution in [2.45, 2.75) is 13.5 Å². The third-order valence-electron chi connectivity index (χ3n) is 1.50. The van der Waals surface area contributed by atoms with E-state index in [2.05, 4.69) is 43.4 Å². The zero-order valence-electron chi connectivity index (χ0n) is 7.05. The second-order valence-electron chi connectivity index (χ2n) is 2.59. The molecule has 0 unspecified atom stereocenters. The average molecular weight is 308 g/mol. The van der Waals surface area contributed by atoms with Crippen molar-refractivity contribution in [3.8, 4) is 0 Å². The summed E-state index contributed by atoms with van der Waals surface area (Å²) in [5, 5.41) is 0. The maximum atomic E-state index is 11.5. The molecule has 0 radical (unpaired) electrons. The second kappa shape index (κ2) is 4.19. The minimum Gasteiger partial charge on any atom is -0.293 e. The second-order valence-corrected chi connectivity index (χ2v) is 4.51. The van der Waals surface area contributed by atoms with Gasteiger partial charge in [0.2, 0.25) is 0 Å². The molecule has 0 amide bonds. The van der Waals surface area contributed by atoms with Crippen LogP contribution >= 0.6 is 31.9 Å². The lowest BCUT2D eigenvalue weighted by molar-refractivity contribution is 0.737. The maximum absolute atomic E-state index is 11.5. The monoisotopic (exact) mass is 306 g/mol. The van der Waals surface area contributed by atoms with E-state index in [9.17, 15) is 4.79 Å². The number of halogens is 2. The van der Waals surface area contributed by atoms with Crippen LogP contribution in [0.5, 0.6) is 0 Å². The Morgan fingerprint density at radius 1 is 1.77 bits per heavy atom. The highest BCUT2D eigenvalue weighted by atomic mass is 79.9. The fourth-order valence-electron chi connectivity index (χ4n) is 0.844. The lowest BCUT2D eigenvalue weighted by Crippen LogP contribution is -2.22. The van der Waals surface area contributed by atoms with Gasteiger partial charge < -0.3 is 0 Å². The molecule has 1 aromatic heterocycles. The quantitative estimate of drug-likeness (QED) is 0.840. The molecule has 0 N–H and O–H groups in total. The third-order valence-corrected chi connectivity index (χ3v) is 2.66. The normalized spacial score (nSPS) is 10.1. The number of rotatable bonds is 2. The zero-order valence-corrected chi connectivity index (χ0v) is 10.2. The molecule has 1 heterocycles. The van der Waals surface area contributed by atoms with E-state index in [-0.39, 0.29) is 5.56 Å². The van der Waals surface area contributed by atoms with Crippen LogP contribution in [0.4, 0.5) is 0 Å². The molecular formula is C8H8Br2N2O. The Balaban J connectivity index is 3.19. The molecule has 13 heavy (non-hydrogen) atoms. The SMILES string of the molecule is C=C(Br)Cn1cnc(C)c(Br)c1=O. The van der Waals surface area contributed by atoms with Crippen LogP contribution in [-0.4, -0.2) is 9.55 Å². The number of hydrogen-bond acceptors (Lipinski definition) is 2. The Hall–Kier alpha value is -0.420. The molecule has 0 saturated heterocycles. The maximum Gasteiger partial charge on any atom is 0.268 e. The van der Waals surface area contributed by atoms with Crippen LogP contribution in [0.3, 0.4) is 0 Å². The summed E-state index contributed by atoms with van der Waals surface area (Å²) in [6.45, 7) is 5.87. The first-order valence-corrected chi connectivity index (χ1v) is 5.16. The van der Waals surface area contributed by atoms with Gasteiger partial charge in [-0.1, -0.05) is 22.5 Å². The van der Waals surface area contributed by atoms with Gasteiger partial charge in [0.25, 0.3) is 5.56 Å². The minimum atomic E-state index is -0.0897. The van der Waals surface area contributed by atoms with Crippen LogP contribution in [0.2, 0.25) is 0 Å².